The van der Waals surface area contributed by atoms with E-state index < -0.39 is 22.1 Å². The molecule has 1 saturated heterocycles. The SMILES string of the molecule is CCC[C@H](NC(N)=O)C(=O)N1CCN(S(=O)(=O)c2ccc(OC)cc2)CC1. The summed E-state index contributed by atoms with van der Waals surface area (Å²) in [5.41, 5.74) is 5.14. The number of hydrogen-bond donors (Lipinski definition) is 2. The Kier molecular flexibility index (Phi) is 7.03. The first-order chi connectivity index (χ1) is 12.8. The van der Waals surface area contributed by atoms with Gasteiger partial charge in [-0.05, 0) is 30.7 Å². The van der Waals surface area contributed by atoms with Crippen molar-refractivity contribution in [2.75, 3.05) is 33.3 Å². The third-order valence-electron chi connectivity index (χ3n) is 4.44. The Labute approximate surface area is 159 Å². The van der Waals surface area contributed by atoms with Crippen LogP contribution in [-0.4, -0.2) is 68.9 Å². The van der Waals surface area contributed by atoms with Crippen molar-refractivity contribution >= 4 is 22.0 Å². The second-order valence-corrected chi connectivity index (χ2v) is 8.19. The standard InChI is InChI=1S/C17H26N4O5S/c1-3-4-15(19-17(18)23)16(22)20-9-11-21(12-10-20)27(24,25)14-7-5-13(26-2)6-8-14/h5-8,15H,3-4,9-12H2,1-2H3,(H3,18,19,23)/t15-/m0/s1. The summed E-state index contributed by atoms with van der Waals surface area (Å²) >= 11 is 0. The number of nitrogens with two attached hydrogens (primary N) is 1. The molecule has 1 aromatic carbocycles. The highest BCUT2D eigenvalue weighted by atomic mass is 32.2. The van der Waals surface area contributed by atoms with Crippen molar-refractivity contribution in [1.82, 2.24) is 14.5 Å². The number of rotatable bonds is 7. The molecule has 1 aliphatic rings. The number of ether oxygens (including phenoxy) is 1. The van der Waals surface area contributed by atoms with Crippen molar-refractivity contribution in [2.24, 2.45) is 5.73 Å². The third-order valence-corrected chi connectivity index (χ3v) is 6.35. The summed E-state index contributed by atoms with van der Waals surface area (Å²) in [7, 11) is -2.12. The maximum Gasteiger partial charge on any atom is 0.312 e. The molecule has 9 nitrogen and oxygen atoms in total. The summed E-state index contributed by atoms with van der Waals surface area (Å²) < 4.78 is 31.9. The van der Waals surface area contributed by atoms with E-state index in [0.29, 0.717) is 18.6 Å². The van der Waals surface area contributed by atoms with Crippen LogP contribution in [0.2, 0.25) is 0 Å². The molecule has 0 saturated carbocycles. The molecule has 3 amide bonds. The van der Waals surface area contributed by atoms with Crippen molar-refractivity contribution in [1.29, 1.82) is 0 Å². The van der Waals surface area contributed by atoms with Crippen molar-refractivity contribution in [3.05, 3.63) is 24.3 Å². The van der Waals surface area contributed by atoms with Gasteiger partial charge < -0.3 is 20.7 Å². The van der Waals surface area contributed by atoms with Gasteiger partial charge in [-0.3, -0.25) is 4.79 Å². The number of primary amides is 1. The molecule has 10 heteroatoms. The van der Waals surface area contributed by atoms with Crippen molar-refractivity contribution in [3.8, 4) is 5.75 Å². The van der Waals surface area contributed by atoms with E-state index in [-0.39, 0.29) is 37.0 Å². The van der Waals surface area contributed by atoms with E-state index in [4.69, 9.17) is 10.5 Å². The molecule has 1 heterocycles. The van der Waals surface area contributed by atoms with E-state index in [1.54, 1.807) is 17.0 Å². The second kappa shape index (κ2) is 9.05. The summed E-state index contributed by atoms with van der Waals surface area (Å²) in [5.74, 6) is 0.338. The van der Waals surface area contributed by atoms with Gasteiger partial charge in [0, 0.05) is 26.2 Å². The smallest absolute Gasteiger partial charge is 0.312 e. The lowest BCUT2D eigenvalue weighted by Crippen LogP contribution is -2.56. The first kappa shape index (κ1) is 21.0. The molecule has 2 rings (SSSR count). The highest BCUT2D eigenvalue weighted by Gasteiger charge is 2.32. The fraction of sp³-hybridized carbons (Fsp3) is 0.529. The number of nitrogens with one attached hydrogen (secondary N) is 1. The predicted octanol–water partition coefficient (Wildman–Crippen LogP) is 0.365. The lowest BCUT2D eigenvalue weighted by atomic mass is 10.1. The Balaban J connectivity index is 2.02. The van der Waals surface area contributed by atoms with Crippen LogP contribution in [-0.2, 0) is 14.8 Å². The molecule has 1 fully saturated rings. The van der Waals surface area contributed by atoms with E-state index >= 15 is 0 Å². The molecule has 1 atom stereocenters. The average molecular weight is 398 g/mol. The number of benzene rings is 1. The van der Waals surface area contributed by atoms with E-state index in [9.17, 15) is 18.0 Å². The highest BCUT2D eigenvalue weighted by Crippen LogP contribution is 2.21. The Morgan fingerprint density at radius 3 is 2.26 bits per heavy atom. The van der Waals surface area contributed by atoms with Crippen LogP contribution in [0.25, 0.3) is 0 Å². The molecular formula is C17H26N4O5S. The molecule has 0 bridgehead atoms. The number of methoxy groups -OCH3 is 1. The summed E-state index contributed by atoms with van der Waals surface area (Å²) in [6.07, 6.45) is 1.19. The van der Waals surface area contributed by atoms with Gasteiger partial charge in [0.2, 0.25) is 15.9 Å². The molecule has 1 aliphatic heterocycles. The first-order valence-electron chi connectivity index (χ1n) is 8.78. The van der Waals surface area contributed by atoms with Crippen LogP contribution in [0.4, 0.5) is 4.79 Å². The van der Waals surface area contributed by atoms with Crippen molar-refractivity contribution < 1.29 is 22.7 Å². The normalized spacial score (nSPS) is 16.6. The molecule has 27 heavy (non-hydrogen) atoms. The zero-order valence-electron chi connectivity index (χ0n) is 15.6. The molecule has 0 aromatic heterocycles. The molecule has 3 N–H and O–H groups in total. The third kappa shape index (κ3) is 5.10. The monoisotopic (exact) mass is 398 g/mol. The van der Waals surface area contributed by atoms with E-state index in [1.807, 2.05) is 6.92 Å². The summed E-state index contributed by atoms with van der Waals surface area (Å²) in [4.78, 5) is 25.4. The minimum absolute atomic E-state index is 0.183. The molecule has 0 aliphatic carbocycles. The Morgan fingerprint density at radius 1 is 1.19 bits per heavy atom. The number of piperazine rings is 1. The number of carbonyl (C=O) groups excluding carboxylic acids is 2. The van der Waals surface area contributed by atoms with Gasteiger partial charge in [0.1, 0.15) is 11.8 Å². The molecule has 150 valence electrons. The van der Waals surface area contributed by atoms with Gasteiger partial charge in [-0.15, -0.1) is 0 Å². The van der Waals surface area contributed by atoms with Crippen LogP contribution in [0, 0.1) is 0 Å². The number of urea groups is 1. The maximum atomic E-state index is 12.8. The Morgan fingerprint density at radius 2 is 1.78 bits per heavy atom. The topological polar surface area (TPSA) is 122 Å². The van der Waals surface area contributed by atoms with Crippen LogP contribution in [0.5, 0.6) is 5.75 Å². The first-order valence-corrected chi connectivity index (χ1v) is 10.2. The summed E-state index contributed by atoms with van der Waals surface area (Å²) in [6.45, 7) is 2.80. The summed E-state index contributed by atoms with van der Waals surface area (Å²) in [6, 6.07) is 4.76. The minimum atomic E-state index is -3.64. The summed E-state index contributed by atoms with van der Waals surface area (Å²) in [5, 5.41) is 2.46. The number of hydrogen-bond acceptors (Lipinski definition) is 5. The van der Waals surface area contributed by atoms with E-state index in [1.165, 1.54) is 23.5 Å². The van der Waals surface area contributed by atoms with Crippen molar-refractivity contribution in [2.45, 2.75) is 30.7 Å². The quantitative estimate of drug-likeness (QED) is 0.687. The lowest BCUT2D eigenvalue weighted by molar-refractivity contribution is -0.134. The maximum absolute atomic E-state index is 12.8. The second-order valence-electron chi connectivity index (χ2n) is 6.25. The number of nitrogens with zero attached hydrogens (tertiary/aromatic N) is 2. The van der Waals surface area contributed by atoms with Gasteiger partial charge in [0.25, 0.3) is 0 Å². The molecule has 0 unspecified atom stereocenters. The minimum Gasteiger partial charge on any atom is -0.497 e. The van der Waals surface area contributed by atoms with E-state index in [0.717, 1.165) is 0 Å². The molecule has 1 aromatic rings. The number of carbonyl (C=O) groups is 2. The largest absolute Gasteiger partial charge is 0.497 e. The molecular weight excluding hydrogens is 372 g/mol. The highest BCUT2D eigenvalue weighted by molar-refractivity contribution is 7.89. The van der Waals surface area contributed by atoms with Crippen LogP contribution < -0.4 is 15.8 Å². The van der Waals surface area contributed by atoms with Gasteiger partial charge in [-0.1, -0.05) is 13.3 Å². The van der Waals surface area contributed by atoms with Crippen molar-refractivity contribution in [3.63, 3.8) is 0 Å². The predicted molar refractivity (Wildman–Crippen MR) is 99.7 cm³/mol. The zero-order valence-corrected chi connectivity index (χ0v) is 16.4. The van der Waals surface area contributed by atoms with Gasteiger partial charge in [0.05, 0.1) is 12.0 Å². The van der Waals surface area contributed by atoms with Gasteiger partial charge in [-0.2, -0.15) is 4.31 Å². The van der Waals surface area contributed by atoms with Crippen LogP contribution in [0.15, 0.2) is 29.2 Å². The average Bonchev–Trinajstić information content (AvgIpc) is 2.67. The fourth-order valence-electron chi connectivity index (χ4n) is 2.98. The number of sulfonamides is 1. The fourth-order valence-corrected chi connectivity index (χ4v) is 4.41. The Hall–Kier alpha value is -2.33. The molecule has 0 radical (unpaired) electrons. The van der Waals surface area contributed by atoms with Crippen LogP contribution in [0.3, 0.4) is 0 Å². The van der Waals surface area contributed by atoms with E-state index in [2.05, 4.69) is 5.32 Å². The van der Waals surface area contributed by atoms with Crippen LogP contribution >= 0.6 is 0 Å². The number of amides is 3. The zero-order chi connectivity index (χ0) is 20.0. The molecule has 0 spiro atoms. The van der Waals surface area contributed by atoms with Gasteiger partial charge in [0.15, 0.2) is 0 Å². The Bertz CT molecular complexity index is 758. The van der Waals surface area contributed by atoms with Gasteiger partial charge >= 0.3 is 6.03 Å². The lowest BCUT2D eigenvalue weighted by Gasteiger charge is -2.35. The van der Waals surface area contributed by atoms with Gasteiger partial charge in [-0.25, -0.2) is 13.2 Å². The van der Waals surface area contributed by atoms with Crippen LogP contribution in [0.1, 0.15) is 19.8 Å².